The highest BCUT2D eigenvalue weighted by Gasteiger charge is 2.41. The Morgan fingerprint density at radius 2 is 1.73 bits per heavy atom. The van der Waals surface area contributed by atoms with E-state index in [-0.39, 0.29) is 11.9 Å². The zero-order valence-corrected chi connectivity index (χ0v) is 14.4. The molecule has 2 heterocycles. The van der Waals surface area contributed by atoms with Crippen LogP contribution in [0, 0.1) is 23.6 Å². The van der Waals surface area contributed by atoms with Crippen LogP contribution in [-0.2, 0) is 6.42 Å². The fourth-order valence-corrected chi connectivity index (χ4v) is 4.20. The van der Waals surface area contributed by atoms with E-state index >= 15 is 0 Å². The SMILES string of the molecule is Oc1ccc(CCN2C[C@H]3CC(Oc4ccc(F)cc4)C[C@H]3C2)nc1F. The molecule has 0 amide bonds. The Labute approximate surface area is 151 Å². The van der Waals surface area contributed by atoms with Crippen molar-refractivity contribution in [2.45, 2.75) is 25.4 Å². The first-order chi connectivity index (χ1) is 12.6. The van der Waals surface area contributed by atoms with E-state index < -0.39 is 11.7 Å². The fourth-order valence-electron chi connectivity index (χ4n) is 4.20. The molecular formula is C20H22F2N2O2. The molecule has 0 radical (unpaired) electrons. The van der Waals surface area contributed by atoms with Crippen LogP contribution in [0.3, 0.4) is 0 Å². The van der Waals surface area contributed by atoms with Gasteiger partial charge in [0.1, 0.15) is 11.6 Å². The van der Waals surface area contributed by atoms with Gasteiger partial charge in [-0.25, -0.2) is 9.37 Å². The van der Waals surface area contributed by atoms with Gasteiger partial charge in [0.25, 0.3) is 5.95 Å². The Hall–Kier alpha value is -2.21. The van der Waals surface area contributed by atoms with Crippen LogP contribution in [0.15, 0.2) is 36.4 Å². The summed E-state index contributed by atoms with van der Waals surface area (Å²) < 4.78 is 32.3. The van der Waals surface area contributed by atoms with E-state index in [0.717, 1.165) is 38.2 Å². The highest BCUT2D eigenvalue weighted by Crippen LogP contribution is 2.39. The first-order valence-corrected chi connectivity index (χ1v) is 9.06. The zero-order chi connectivity index (χ0) is 18.1. The molecule has 1 unspecified atom stereocenters. The van der Waals surface area contributed by atoms with Crippen molar-refractivity contribution in [1.29, 1.82) is 0 Å². The van der Waals surface area contributed by atoms with Crippen LogP contribution >= 0.6 is 0 Å². The van der Waals surface area contributed by atoms with Crippen LogP contribution in [0.5, 0.6) is 11.5 Å². The van der Waals surface area contributed by atoms with E-state index in [1.54, 1.807) is 18.2 Å². The Morgan fingerprint density at radius 3 is 2.38 bits per heavy atom. The number of halogens is 2. The van der Waals surface area contributed by atoms with Crippen molar-refractivity contribution >= 4 is 0 Å². The van der Waals surface area contributed by atoms with E-state index in [9.17, 15) is 13.9 Å². The van der Waals surface area contributed by atoms with Gasteiger partial charge in [-0.15, -0.1) is 0 Å². The number of rotatable bonds is 5. The summed E-state index contributed by atoms with van der Waals surface area (Å²) in [4.78, 5) is 6.18. The van der Waals surface area contributed by atoms with Crippen molar-refractivity contribution in [1.82, 2.24) is 9.88 Å². The zero-order valence-electron chi connectivity index (χ0n) is 14.4. The molecule has 0 spiro atoms. The largest absolute Gasteiger partial charge is 0.504 e. The maximum atomic E-state index is 13.3. The monoisotopic (exact) mass is 360 g/mol. The highest BCUT2D eigenvalue weighted by molar-refractivity contribution is 5.23. The quantitative estimate of drug-likeness (QED) is 0.830. The van der Waals surface area contributed by atoms with E-state index in [1.807, 2.05) is 0 Å². The predicted octanol–water partition coefficient (Wildman–Crippen LogP) is 3.40. The van der Waals surface area contributed by atoms with E-state index in [4.69, 9.17) is 4.74 Å². The molecule has 0 bridgehead atoms. The number of aromatic hydroxyl groups is 1. The van der Waals surface area contributed by atoms with Crippen molar-refractivity contribution in [3.05, 3.63) is 53.9 Å². The van der Waals surface area contributed by atoms with Crippen LogP contribution in [0.2, 0.25) is 0 Å². The topological polar surface area (TPSA) is 45.6 Å². The molecule has 6 heteroatoms. The molecule has 2 fully saturated rings. The number of aromatic nitrogens is 1. The average molecular weight is 360 g/mol. The molecular weight excluding hydrogens is 338 g/mol. The average Bonchev–Trinajstić information content (AvgIpc) is 3.16. The molecule has 138 valence electrons. The molecule has 1 aliphatic heterocycles. The number of benzene rings is 1. The second-order valence-corrected chi connectivity index (χ2v) is 7.31. The van der Waals surface area contributed by atoms with Gasteiger partial charge in [0.15, 0.2) is 5.75 Å². The second-order valence-electron chi connectivity index (χ2n) is 7.31. The minimum absolute atomic E-state index is 0.200. The number of fused-ring (bicyclic) bond motifs is 1. The normalized spacial score (nSPS) is 25.4. The summed E-state index contributed by atoms with van der Waals surface area (Å²) in [5.74, 6) is 0.501. The van der Waals surface area contributed by atoms with Gasteiger partial charge in [-0.2, -0.15) is 4.39 Å². The number of nitrogens with zero attached hydrogens (tertiary/aromatic N) is 2. The Kier molecular flexibility index (Phi) is 4.76. The van der Waals surface area contributed by atoms with Crippen LogP contribution in [0.25, 0.3) is 0 Å². The third-order valence-electron chi connectivity index (χ3n) is 5.47. The van der Waals surface area contributed by atoms with Crippen molar-refractivity contribution in [2.24, 2.45) is 11.8 Å². The molecule has 1 saturated carbocycles. The lowest BCUT2D eigenvalue weighted by molar-refractivity contribution is 0.185. The van der Waals surface area contributed by atoms with Crippen LogP contribution in [-0.4, -0.2) is 40.7 Å². The molecule has 4 nitrogen and oxygen atoms in total. The molecule has 2 aliphatic rings. The van der Waals surface area contributed by atoms with Gasteiger partial charge in [0, 0.05) is 31.7 Å². The number of hydrogen-bond donors (Lipinski definition) is 1. The summed E-state index contributed by atoms with van der Waals surface area (Å²) in [6.45, 7) is 2.89. The standard InChI is InChI=1S/C20H22F2N2O2/c21-15-1-4-17(5-2-15)26-18-9-13-11-24(12-14(13)10-18)8-7-16-3-6-19(25)20(22)23-16/h1-6,13-14,18,25H,7-12H2/t13-,14+,18?. The molecule has 3 atom stereocenters. The molecule has 1 aromatic carbocycles. The van der Waals surface area contributed by atoms with Crippen molar-refractivity contribution in [3.63, 3.8) is 0 Å². The van der Waals surface area contributed by atoms with Crippen molar-refractivity contribution in [3.8, 4) is 11.5 Å². The van der Waals surface area contributed by atoms with Crippen molar-refractivity contribution in [2.75, 3.05) is 19.6 Å². The number of hydrogen-bond acceptors (Lipinski definition) is 4. The summed E-state index contributed by atoms with van der Waals surface area (Å²) in [5, 5.41) is 9.20. The lowest BCUT2D eigenvalue weighted by atomic mass is 10.0. The lowest BCUT2D eigenvalue weighted by Crippen LogP contribution is -2.26. The molecule has 2 aromatic rings. The molecule has 1 aliphatic carbocycles. The second kappa shape index (κ2) is 7.19. The minimum atomic E-state index is -0.804. The Morgan fingerprint density at radius 1 is 1.04 bits per heavy atom. The van der Waals surface area contributed by atoms with E-state index in [1.165, 1.54) is 18.2 Å². The van der Waals surface area contributed by atoms with Gasteiger partial charge in [-0.1, -0.05) is 0 Å². The molecule has 4 rings (SSSR count). The van der Waals surface area contributed by atoms with Gasteiger partial charge in [0.05, 0.1) is 6.10 Å². The fraction of sp³-hybridized carbons (Fsp3) is 0.450. The first-order valence-electron chi connectivity index (χ1n) is 9.06. The Balaban J connectivity index is 1.25. The highest BCUT2D eigenvalue weighted by atomic mass is 19.1. The van der Waals surface area contributed by atoms with Gasteiger partial charge in [-0.3, -0.25) is 0 Å². The van der Waals surface area contributed by atoms with E-state index in [2.05, 4.69) is 9.88 Å². The van der Waals surface area contributed by atoms with Gasteiger partial charge < -0.3 is 14.7 Å². The smallest absolute Gasteiger partial charge is 0.255 e. The lowest BCUT2D eigenvalue weighted by Gasteiger charge is -2.19. The summed E-state index contributed by atoms with van der Waals surface area (Å²) in [7, 11) is 0. The van der Waals surface area contributed by atoms with Crippen LogP contribution in [0.4, 0.5) is 8.78 Å². The van der Waals surface area contributed by atoms with Gasteiger partial charge >= 0.3 is 0 Å². The Bertz CT molecular complexity index is 755. The summed E-state index contributed by atoms with van der Waals surface area (Å²) in [6.07, 6.45) is 2.91. The number of ether oxygens (including phenoxy) is 1. The predicted molar refractivity (Wildman–Crippen MR) is 93.0 cm³/mol. The maximum absolute atomic E-state index is 13.3. The first kappa shape index (κ1) is 17.2. The number of pyridine rings is 1. The molecule has 1 N–H and O–H groups in total. The van der Waals surface area contributed by atoms with Crippen molar-refractivity contribution < 1.29 is 18.6 Å². The van der Waals surface area contributed by atoms with Crippen LogP contribution in [0.1, 0.15) is 18.5 Å². The molecule has 26 heavy (non-hydrogen) atoms. The summed E-state index contributed by atoms with van der Waals surface area (Å²) in [6, 6.07) is 9.23. The minimum Gasteiger partial charge on any atom is -0.504 e. The summed E-state index contributed by atoms with van der Waals surface area (Å²) >= 11 is 0. The number of likely N-dealkylation sites (tertiary alicyclic amines) is 1. The van der Waals surface area contributed by atoms with Crippen LogP contribution < -0.4 is 4.74 Å². The molecule has 1 saturated heterocycles. The third-order valence-corrected chi connectivity index (χ3v) is 5.47. The van der Waals surface area contributed by atoms with Gasteiger partial charge in [-0.05, 0) is 61.1 Å². The summed E-state index contributed by atoms with van der Waals surface area (Å²) in [5.41, 5.74) is 0.662. The molecule has 1 aromatic heterocycles. The third kappa shape index (κ3) is 3.80. The maximum Gasteiger partial charge on any atom is 0.255 e. The van der Waals surface area contributed by atoms with E-state index in [0.29, 0.717) is 24.0 Å². The van der Waals surface area contributed by atoms with Gasteiger partial charge in [0.2, 0.25) is 0 Å².